The molecule has 2 aromatic carbocycles. The molecule has 0 saturated carbocycles. The zero-order chi connectivity index (χ0) is 22.9. The zero-order valence-corrected chi connectivity index (χ0v) is 20.5. The Morgan fingerprint density at radius 2 is 1.81 bits per heavy atom. The molecule has 2 aromatic heterocycles. The van der Waals surface area contributed by atoms with Crippen LogP contribution in [0.5, 0.6) is 5.75 Å². The number of aromatic nitrogens is 3. The van der Waals surface area contributed by atoms with Gasteiger partial charge in [-0.1, -0.05) is 15.9 Å². The van der Waals surface area contributed by atoms with Gasteiger partial charge < -0.3 is 4.74 Å². The summed E-state index contributed by atoms with van der Waals surface area (Å²) in [5.74, 6) is 0.614. The number of hydrogen-bond donors (Lipinski definition) is 0. The first kappa shape index (κ1) is 22.4. The average Bonchev–Trinajstić information content (AvgIpc) is 2.80. The van der Waals surface area contributed by atoms with E-state index in [0.717, 1.165) is 4.47 Å². The Morgan fingerprint density at radius 3 is 2.50 bits per heavy atom. The molecule has 1 atom stereocenters. The van der Waals surface area contributed by atoms with E-state index < -0.39 is 10.0 Å². The summed E-state index contributed by atoms with van der Waals surface area (Å²) in [5.41, 5.74) is 0.845. The van der Waals surface area contributed by atoms with E-state index in [2.05, 4.69) is 25.9 Å². The van der Waals surface area contributed by atoms with Crippen LogP contribution in [0.4, 0.5) is 5.95 Å². The highest BCUT2D eigenvalue weighted by Crippen LogP contribution is 2.32. The number of pyridine rings is 1. The van der Waals surface area contributed by atoms with Gasteiger partial charge in [0, 0.05) is 28.3 Å². The first-order valence-corrected chi connectivity index (χ1v) is 13.0. The van der Waals surface area contributed by atoms with Crippen molar-refractivity contribution in [1.82, 2.24) is 14.5 Å². The molecule has 4 aromatic rings. The Bertz CT molecular complexity index is 1460. The first-order valence-electron chi connectivity index (χ1n) is 9.36. The first-order chi connectivity index (χ1) is 15.4. The van der Waals surface area contributed by atoms with E-state index in [4.69, 9.17) is 4.74 Å². The summed E-state index contributed by atoms with van der Waals surface area (Å²) in [6.07, 6.45) is 2.99. The summed E-state index contributed by atoms with van der Waals surface area (Å²) in [4.78, 5) is 21.0. The van der Waals surface area contributed by atoms with Crippen LogP contribution in [0.1, 0.15) is 0 Å². The maximum atomic E-state index is 13.3. The van der Waals surface area contributed by atoms with Gasteiger partial charge in [-0.05, 0) is 63.9 Å². The number of methoxy groups -OCH3 is 1. The van der Waals surface area contributed by atoms with Crippen LogP contribution in [-0.2, 0) is 10.0 Å². The summed E-state index contributed by atoms with van der Waals surface area (Å²) in [6.45, 7) is 1.74. The third-order valence-corrected chi connectivity index (χ3v) is 8.59. The third kappa shape index (κ3) is 4.01. The number of anilines is 1. The minimum Gasteiger partial charge on any atom is -0.495 e. The molecular weight excluding hydrogens is 515 g/mol. The lowest BCUT2D eigenvalue weighted by atomic mass is 10.2. The van der Waals surface area contributed by atoms with Crippen molar-refractivity contribution in [1.29, 1.82) is 0 Å². The third-order valence-electron chi connectivity index (χ3n) is 4.72. The molecule has 0 aliphatic carbocycles. The molecule has 0 bridgehead atoms. The van der Waals surface area contributed by atoms with Crippen molar-refractivity contribution in [3.63, 3.8) is 0 Å². The molecule has 0 spiro atoms. The summed E-state index contributed by atoms with van der Waals surface area (Å²) in [6, 6.07) is 14.6. The Kier molecular flexibility index (Phi) is 6.28. The van der Waals surface area contributed by atoms with Crippen LogP contribution in [-0.4, -0.2) is 36.7 Å². The van der Waals surface area contributed by atoms with Gasteiger partial charge in [-0.25, -0.2) is 22.5 Å². The van der Waals surface area contributed by atoms with Crippen molar-refractivity contribution in [2.24, 2.45) is 0 Å². The lowest BCUT2D eigenvalue weighted by Gasteiger charge is -2.20. The van der Waals surface area contributed by atoms with Gasteiger partial charge in [0.1, 0.15) is 5.75 Å². The van der Waals surface area contributed by atoms with Crippen LogP contribution in [0, 0.1) is 0 Å². The number of hydrogen-bond acceptors (Lipinski definition) is 6. The molecule has 0 fully saturated rings. The van der Waals surface area contributed by atoms with E-state index in [0.29, 0.717) is 22.3 Å². The van der Waals surface area contributed by atoms with E-state index in [1.165, 1.54) is 40.3 Å². The lowest BCUT2D eigenvalue weighted by molar-refractivity contribution is 0.412. The second-order valence-corrected chi connectivity index (χ2v) is 10.5. The Hall–Kier alpha value is -2.81. The summed E-state index contributed by atoms with van der Waals surface area (Å²) < 4.78 is 35.6. The normalized spacial score (nSPS) is 11.8. The predicted molar refractivity (Wildman–Crippen MR) is 130 cm³/mol. The SMILES string of the molecule is COc1cc(Br)ccc1-n1c(=O)ccc2cc(S(=O)(=O)N(PC)c3ncccn3)ccc21. The molecule has 0 saturated heterocycles. The number of nitrogens with zero attached hydrogens (tertiary/aromatic N) is 4. The highest BCUT2D eigenvalue weighted by atomic mass is 79.9. The van der Waals surface area contributed by atoms with Crippen molar-refractivity contribution < 1.29 is 13.2 Å². The van der Waals surface area contributed by atoms with Crippen LogP contribution >= 0.6 is 24.7 Å². The number of rotatable bonds is 6. The van der Waals surface area contributed by atoms with Gasteiger partial charge in [0.05, 0.1) is 23.2 Å². The van der Waals surface area contributed by atoms with Crippen molar-refractivity contribution in [2.45, 2.75) is 4.90 Å². The topological polar surface area (TPSA) is 94.4 Å². The van der Waals surface area contributed by atoms with Gasteiger partial charge in [0.2, 0.25) is 5.95 Å². The summed E-state index contributed by atoms with van der Waals surface area (Å²) in [5, 5.41) is 0.587. The highest BCUT2D eigenvalue weighted by Gasteiger charge is 2.26. The monoisotopic (exact) mass is 532 g/mol. The van der Waals surface area contributed by atoms with Gasteiger partial charge in [-0.15, -0.1) is 0 Å². The fraction of sp³-hybridized carbons (Fsp3) is 0.0952. The molecule has 32 heavy (non-hydrogen) atoms. The molecule has 2 heterocycles. The van der Waals surface area contributed by atoms with E-state index in [9.17, 15) is 13.2 Å². The molecule has 4 rings (SSSR count). The van der Waals surface area contributed by atoms with E-state index in [1.54, 1.807) is 43.1 Å². The zero-order valence-electron chi connectivity index (χ0n) is 17.1. The highest BCUT2D eigenvalue weighted by molar-refractivity contribution is 9.10. The maximum Gasteiger partial charge on any atom is 0.269 e. The van der Waals surface area contributed by atoms with Crippen molar-refractivity contribution >= 4 is 51.5 Å². The summed E-state index contributed by atoms with van der Waals surface area (Å²) >= 11 is 3.40. The van der Waals surface area contributed by atoms with Gasteiger partial charge in [-0.3, -0.25) is 9.36 Å². The number of benzene rings is 2. The number of ether oxygens (including phenoxy) is 1. The molecule has 0 radical (unpaired) electrons. The van der Waals surface area contributed by atoms with Crippen LogP contribution in [0.25, 0.3) is 16.6 Å². The molecule has 0 amide bonds. The van der Waals surface area contributed by atoms with Crippen molar-refractivity contribution in [2.75, 3.05) is 17.9 Å². The number of sulfonamides is 1. The molecule has 11 heteroatoms. The maximum absolute atomic E-state index is 13.3. The van der Waals surface area contributed by atoms with Gasteiger partial charge in [-0.2, -0.15) is 0 Å². The van der Waals surface area contributed by atoms with Crippen LogP contribution in [0.3, 0.4) is 0 Å². The summed E-state index contributed by atoms with van der Waals surface area (Å²) in [7, 11) is -2.48. The van der Waals surface area contributed by atoms with E-state index >= 15 is 0 Å². The molecular formula is C21H18BrN4O4PS. The van der Waals surface area contributed by atoms with E-state index in [1.807, 2.05) is 6.07 Å². The molecule has 0 aliphatic rings. The molecule has 1 unspecified atom stereocenters. The van der Waals surface area contributed by atoms with E-state index in [-0.39, 0.29) is 25.1 Å². The second-order valence-electron chi connectivity index (χ2n) is 6.59. The van der Waals surface area contributed by atoms with Crippen LogP contribution < -0.4 is 14.4 Å². The minimum atomic E-state index is -3.90. The minimum absolute atomic E-state index is 0.0831. The average molecular weight is 533 g/mol. The Morgan fingerprint density at radius 1 is 1.06 bits per heavy atom. The largest absolute Gasteiger partial charge is 0.495 e. The Balaban J connectivity index is 1.89. The quantitative estimate of drug-likeness (QED) is 0.349. The fourth-order valence-electron chi connectivity index (χ4n) is 3.30. The predicted octanol–water partition coefficient (Wildman–Crippen LogP) is 3.97. The fourth-order valence-corrected chi connectivity index (χ4v) is 6.27. The van der Waals surface area contributed by atoms with Gasteiger partial charge in [0.15, 0.2) is 0 Å². The smallest absolute Gasteiger partial charge is 0.269 e. The standard InChI is InChI=1S/C21H18BrN4O4PS/c1-30-19-13-15(22)5-7-18(19)25-17-8-6-16(12-14(17)4-9-20(25)27)32(28,29)26(31-2)21-23-10-3-11-24-21/h3-13,31H,1-2H3. The molecule has 164 valence electrons. The number of halogens is 1. The lowest BCUT2D eigenvalue weighted by Crippen LogP contribution is -2.24. The van der Waals surface area contributed by atoms with Crippen LogP contribution in [0.2, 0.25) is 0 Å². The van der Waals surface area contributed by atoms with Gasteiger partial charge >= 0.3 is 0 Å². The molecule has 0 N–H and O–H groups in total. The van der Waals surface area contributed by atoms with Crippen molar-refractivity contribution in [3.05, 3.63) is 81.8 Å². The van der Waals surface area contributed by atoms with Gasteiger partial charge in [0.25, 0.3) is 15.6 Å². The molecule has 8 nitrogen and oxygen atoms in total. The van der Waals surface area contributed by atoms with Crippen molar-refractivity contribution in [3.8, 4) is 11.4 Å². The molecule has 0 aliphatic heterocycles. The number of fused-ring (bicyclic) bond motifs is 1. The second kappa shape index (κ2) is 8.97. The van der Waals surface area contributed by atoms with Crippen LogP contribution in [0.15, 0.2) is 81.2 Å². The Labute approximate surface area is 194 Å².